The zero-order valence-corrected chi connectivity index (χ0v) is 11.5. The van der Waals surface area contributed by atoms with Gasteiger partial charge in [-0.25, -0.2) is 0 Å². The largest absolute Gasteiger partial charge is 0.396 e. The summed E-state index contributed by atoms with van der Waals surface area (Å²) in [6.45, 7) is 2.56. The first-order valence-corrected chi connectivity index (χ1v) is 7.34. The van der Waals surface area contributed by atoms with Crippen molar-refractivity contribution < 1.29 is 5.11 Å². The summed E-state index contributed by atoms with van der Waals surface area (Å²) in [5.41, 5.74) is 0. The molecule has 0 fully saturated rings. The van der Waals surface area contributed by atoms with Crippen molar-refractivity contribution in [2.75, 3.05) is 6.61 Å². The van der Waals surface area contributed by atoms with E-state index < -0.39 is 0 Å². The maximum atomic E-state index is 8.59. The molecule has 0 aliphatic rings. The van der Waals surface area contributed by atoms with E-state index in [-0.39, 0.29) is 0 Å². The van der Waals surface area contributed by atoms with Crippen molar-refractivity contribution in [3.63, 3.8) is 0 Å². The van der Waals surface area contributed by atoms with Crippen molar-refractivity contribution in [2.24, 2.45) is 0 Å². The van der Waals surface area contributed by atoms with Crippen molar-refractivity contribution in [3.8, 4) is 0 Å². The minimum absolute atomic E-state index is 0.298. The molecular formula is C16H30O. The molecule has 0 aliphatic heterocycles. The summed E-state index contributed by atoms with van der Waals surface area (Å²) in [4.78, 5) is 0. The molecule has 0 spiro atoms. The molecule has 1 heteroatoms. The molecule has 0 aliphatic carbocycles. The Kier molecular flexibility index (Phi) is 14.9. The highest BCUT2D eigenvalue weighted by Gasteiger charge is 1.88. The minimum Gasteiger partial charge on any atom is -0.396 e. The van der Waals surface area contributed by atoms with Gasteiger partial charge in [0.25, 0.3) is 0 Å². The van der Waals surface area contributed by atoms with Crippen molar-refractivity contribution in [3.05, 3.63) is 24.3 Å². The Hall–Kier alpha value is -0.560. The third-order valence-electron chi connectivity index (χ3n) is 2.89. The predicted molar refractivity (Wildman–Crippen MR) is 77.2 cm³/mol. The average Bonchev–Trinajstić information content (AvgIpc) is 2.35. The van der Waals surface area contributed by atoms with Crippen LogP contribution in [0.15, 0.2) is 24.3 Å². The summed E-state index contributed by atoms with van der Waals surface area (Å²) in [7, 11) is 0. The second-order valence-electron chi connectivity index (χ2n) is 4.63. The number of aliphatic hydroxyl groups is 1. The Balaban J connectivity index is 3.11. The van der Waals surface area contributed by atoms with Crippen molar-refractivity contribution in [1.29, 1.82) is 0 Å². The number of hydrogen-bond acceptors (Lipinski definition) is 1. The molecule has 0 saturated heterocycles. The minimum atomic E-state index is 0.298. The molecule has 0 unspecified atom stereocenters. The topological polar surface area (TPSA) is 20.2 Å². The second kappa shape index (κ2) is 15.4. The van der Waals surface area contributed by atoms with Crippen LogP contribution in [0.25, 0.3) is 0 Å². The summed E-state index contributed by atoms with van der Waals surface area (Å²) in [6.07, 6.45) is 21.3. The quantitative estimate of drug-likeness (QED) is 0.374. The Morgan fingerprint density at radius 3 is 1.82 bits per heavy atom. The lowest BCUT2D eigenvalue weighted by atomic mass is 10.1. The van der Waals surface area contributed by atoms with Crippen molar-refractivity contribution >= 4 is 0 Å². The van der Waals surface area contributed by atoms with Crippen LogP contribution in [0.1, 0.15) is 71.1 Å². The van der Waals surface area contributed by atoms with Gasteiger partial charge in [-0.2, -0.15) is 0 Å². The maximum absolute atomic E-state index is 8.59. The molecule has 0 amide bonds. The zero-order valence-electron chi connectivity index (χ0n) is 11.5. The molecule has 17 heavy (non-hydrogen) atoms. The summed E-state index contributed by atoms with van der Waals surface area (Å²) in [5, 5.41) is 8.59. The summed E-state index contributed by atoms with van der Waals surface area (Å²) in [6, 6.07) is 0. The van der Waals surface area contributed by atoms with Crippen LogP contribution in [0.3, 0.4) is 0 Å². The van der Waals surface area contributed by atoms with Gasteiger partial charge in [0.15, 0.2) is 0 Å². The van der Waals surface area contributed by atoms with E-state index in [0.29, 0.717) is 6.61 Å². The van der Waals surface area contributed by atoms with Gasteiger partial charge in [-0.1, -0.05) is 69.8 Å². The lowest BCUT2D eigenvalue weighted by Crippen LogP contribution is -1.79. The SMILES string of the molecule is CCCCCCCCC/C=C/C=C/CCCO. The Morgan fingerprint density at radius 2 is 1.24 bits per heavy atom. The van der Waals surface area contributed by atoms with E-state index in [1.165, 1.54) is 51.4 Å². The normalized spacial score (nSPS) is 11.9. The monoisotopic (exact) mass is 238 g/mol. The molecule has 1 N–H and O–H groups in total. The standard InChI is InChI=1S/C16H30O/c1-2-3-4-5-6-7-8-9-10-11-12-13-14-15-16-17/h10-13,17H,2-9,14-16H2,1H3/b11-10+,13-12+. The van der Waals surface area contributed by atoms with E-state index in [4.69, 9.17) is 5.11 Å². The molecule has 0 radical (unpaired) electrons. The molecule has 100 valence electrons. The third-order valence-corrected chi connectivity index (χ3v) is 2.89. The number of hydrogen-bond donors (Lipinski definition) is 1. The van der Waals surface area contributed by atoms with Crippen LogP contribution >= 0.6 is 0 Å². The van der Waals surface area contributed by atoms with Crippen molar-refractivity contribution in [2.45, 2.75) is 71.1 Å². The molecule has 0 aromatic carbocycles. The molecule has 1 nitrogen and oxygen atoms in total. The van der Waals surface area contributed by atoms with E-state index in [0.717, 1.165) is 12.8 Å². The summed E-state index contributed by atoms with van der Waals surface area (Å²) in [5.74, 6) is 0. The van der Waals surface area contributed by atoms with E-state index in [1.807, 2.05) is 0 Å². The Bertz CT molecular complexity index is 182. The van der Waals surface area contributed by atoms with Gasteiger partial charge in [0.05, 0.1) is 0 Å². The lowest BCUT2D eigenvalue weighted by molar-refractivity contribution is 0.289. The summed E-state index contributed by atoms with van der Waals surface area (Å²) < 4.78 is 0. The van der Waals surface area contributed by atoms with Crippen molar-refractivity contribution in [1.82, 2.24) is 0 Å². The van der Waals surface area contributed by atoms with Gasteiger partial charge in [0.2, 0.25) is 0 Å². The first-order chi connectivity index (χ1) is 8.41. The van der Waals surface area contributed by atoms with Crippen LogP contribution in [-0.4, -0.2) is 11.7 Å². The fourth-order valence-corrected chi connectivity index (χ4v) is 1.78. The number of unbranched alkanes of at least 4 members (excludes halogenated alkanes) is 8. The van der Waals surface area contributed by atoms with E-state index in [2.05, 4.69) is 31.2 Å². The fraction of sp³-hybridized carbons (Fsp3) is 0.750. The maximum Gasteiger partial charge on any atom is 0.0433 e. The molecule has 0 atom stereocenters. The van der Waals surface area contributed by atoms with E-state index in [1.54, 1.807) is 0 Å². The number of rotatable bonds is 12. The highest BCUT2D eigenvalue weighted by atomic mass is 16.2. The van der Waals surface area contributed by atoms with Gasteiger partial charge in [0.1, 0.15) is 0 Å². The lowest BCUT2D eigenvalue weighted by Gasteiger charge is -1.98. The smallest absolute Gasteiger partial charge is 0.0433 e. The number of aliphatic hydroxyl groups excluding tert-OH is 1. The molecule has 0 bridgehead atoms. The summed E-state index contributed by atoms with van der Waals surface area (Å²) >= 11 is 0. The first-order valence-electron chi connectivity index (χ1n) is 7.34. The molecular weight excluding hydrogens is 208 g/mol. The number of allylic oxidation sites excluding steroid dienone is 4. The van der Waals surface area contributed by atoms with E-state index >= 15 is 0 Å². The molecule has 0 heterocycles. The Morgan fingerprint density at radius 1 is 0.706 bits per heavy atom. The van der Waals surface area contributed by atoms with Gasteiger partial charge in [0, 0.05) is 6.61 Å². The predicted octanol–water partition coefficient (Wildman–Crippen LogP) is 5.01. The van der Waals surface area contributed by atoms with Gasteiger partial charge in [-0.05, 0) is 25.7 Å². The second-order valence-corrected chi connectivity index (χ2v) is 4.63. The molecule has 0 aromatic rings. The Labute approximate surface area is 108 Å². The fourth-order valence-electron chi connectivity index (χ4n) is 1.78. The van der Waals surface area contributed by atoms with Crippen LogP contribution in [0.4, 0.5) is 0 Å². The van der Waals surface area contributed by atoms with E-state index in [9.17, 15) is 0 Å². The van der Waals surface area contributed by atoms with Crippen LogP contribution in [0.5, 0.6) is 0 Å². The van der Waals surface area contributed by atoms with Gasteiger partial charge in [-0.3, -0.25) is 0 Å². The van der Waals surface area contributed by atoms with Gasteiger partial charge < -0.3 is 5.11 Å². The molecule has 0 saturated carbocycles. The zero-order chi connectivity index (χ0) is 12.6. The first kappa shape index (κ1) is 16.4. The van der Waals surface area contributed by atoms with Gasteiger partial charge >= 0.3 is 0 Å². The average molecular weight is 238 g/mol. The molecule has 0 rings (SSSR count). The van der Waals surface area contributed by atoms with Crippen LogP contribution in [0.2, 0.25) is 0 Å². The van der Waals surface area contributed by atoms with Crippen LogP contribution < -0.4 is 0 Å². The molecule has 0 aromatic heterocycles. The third kappa shape index (κ3) is 15.4. The van der Waals surface area contributed by atoms with Crippen LogP contribution in [0, 0.1) is 0 Å². The van der Waals surface area contributed by atoms with Gasteiger partial charge in [-0.15, -0.1) is 0 Å². The van der Waals surface area contributed by atoms with Crippen LogP contribution in [-0.2, 0) is 0 Å². The highest BCUT2D eigenvalue weighted by molar-refractivity contribution is 5.02. The highest BCUT2D eigenvalue weighted by Crippen LogP contribution is 2.08.